The van der Waals surface area contributed by atoms with Crippen molar-refractivity contribution in [3.8, 4) is 12.3 Å². The molecular weight excluding hydrogens is 212 g/mol. The third-order valence-corrected chi connectivity index (χ3v) is 3.03. The third kappa shape index (κ3) is 3.21. The molecule has 1 fully saturated rings. The molecule has 0 unspecified atom stereocenters. The van der Waals surface area contributed by atoms with Crippen molar-refractivity contribution < 1.29 is 5.11 Å². The van der Waals surface area contributed by atoms with Crippen molar-refractivity contribution in [1.82, 2.24) is 4.98 Å². The first-order chi connectivity index (χ1) is 8.20. The smallest absolute Gasteiger partial charge is 0.129 e. The van der Waals surface area contributed by atoms with Crippen molar-refractivity contribution in [2.45, 2.75) is 25.9 Å². The Morgan fingerprint density at radius 3 is 3.00 bits per heavy atom. The Labute approximate surface area is 102 Å². The summed E-state index contributed by atoms with van der Waals surface area (Å²) in [5.74, 6) is 4.30. The molecule has 0 bridgehead atoms. The highest BCUT2D eigenvalue weighted by Gasteiger charge is 2.24. The van der Waals surface area contributed by atoms with Crippen molar-refractivity contribution in [3.63, 3.8) is 0 Å². The monoisotopic (exact) mass is 230 g/mol. The minimum Gasteiger partial charge on any atom is -0.389 e. The fourth-order valence-electron chi connectivity index (χ4n) is 1.83. The standard InChI is InChI=1S/C14H18N2O/c1-3-8-16(10-12-4-5-12)14-9-13(11(2)17)6-7-15-14/h1,6-7,9,11-12,17H,4-5,8,10H2,2H3/t11-/m1/s1. The SMILES string of the molecule is C#CCN(CC1CC1)c1cc([C@@H](C)O)ccn1. The Morgan fingerprint density at radius 1 is 1.65 bits per heavy atom. The van der Waals surface area contributed by atoms with E-state index in [0.717, 1.165) is 23.8 Å². The molecule has 1 atom stereocenters. The molecule has 1 aromatic rings. The largest absolute Gasteiger partial charge is 0.389 e. The van der Waals surface area contributed by atoms with Gasteiger partial charge in [-0.05, 0) is 43.4 Å². The van der Waals surface area contributed by atoms with Gasteiger partial charge in [0.1, 0.15) is 5.82 Å². The number of aliphatic hydroxyl groups is 1. The summed E-state index contributed by atoms with van der Waals surface area (Å²) in [6, 6.07) is 3.75. The van der Waals surface area contributed by atoms with Gasteiger partial charge in [-0.15, -0.1) is 6.42 Å². The molecule has 1 aliphatic rings. The molecule has 17 heavy (non-hydrogen) atoms. The van der Waals surface area contributed by atoms with Crippen LogP contribution in [0.25, 0.3) is 0 Å². The van der Waals surface area contributed by atoms with E-state index < -0.39 is 6.10 Å². The zero-order valence-corrected chi connectivity index (χ0v) is 10.1. The van der Waals surface area contributed by atoms with E-state index in [-0.39, 0.29) is 0 Å². The molecule has 1 saturated carbocycles. The molecule has 1 aliphatic carbocycles. The molecule has 0 amide bonds. The maximum absolute atomic E-state index is 9.57. The molecule has 90 valence electrons. The van der Waals surface area contributed by atoms with E-state index in [1.165, 1.54) is 12.8 Å². The van der Waals surface area contributed by atoms with Gasteiger partial charge in [0.25, 0.3) is 0 Å². The molecule has 3 heteroatoms. The molecule has 0 aliphatic heterocycles. The molecule has 0 spiro atoms. The van der Waals surface area contributed by atoms with E-state index in [9.17, 15) is 5.11 Å². The number of anilines is 1. The number of aromatic nitrogens is 1. The van der Waals surface area contributed by atoms with Crippen molar-refractivity contribution >= 4 is 5.82 Å². The number of hydrogen-bond acceptors (Lipinski definition) is 3. The summed E-state index contributed by atoms with van der Waals surface area (Å²) < 4.78 is 0. The van der Waals surface area contributed by atoms with Gasteiger partial charge in [-0.1, -0.05) is 5.92 Å². The van der Waals surface area contributed by atoms with E-state index in [1.54, 1.807) is 13.1 Å². The Morgan fingerprint density at radius 2 is 2.41 bits per heavy atom. The lowest BCUT2D eigenvalue weighted by molar-refractivity contribution is 0.199. The lowest BCUT2D eigenvalue weighted by Crippen LogP contribution is -2.27. The molecule has 1 aromatic heterocycles. The topological polar surface area (TPSA) is 36.4 Å². The van der Waals surface area contributed by atoms with Crippen LogP contribution in [0, 0.1) is 18.3 Å². The lowest BCUT2D eigenvalue weighted by atomic mass is 10.1. The van der Waals surface area contributed by atoms with Gasteiger partial charge in [-0.2, -0.15) is 0 Å². The molecular formula is C14H18N2O. The first kappa shape index (κ1) is 11.9. The Kier molecular flexibility index (Phi) is 3.65. The molecule has 1 heterocycles. The van der Waals surface area contributed by atoms with Gasteiger partial charge >= 0.3 is 0 Å². The molecule has 0 aromatic carbocycles. The van der Waals surface area contributed by atoms with Gasteiger partial charge in [0.05, 0.1) is 12.6 Å². The van der Waals surface area contributed by atoms with Gasteiger partial charge in [0.15, 0.2) is 0 Å². The maximum atomic E-state index is 9.57. The molecule has 0 saturated heterocycles. The summed E-state index contributed by atoms with van der Waals surface area (Å²) in [6.45, 7) is 3.30. The average Bonchev–Trinajstić information content (AvgIpc) is 3.12. The predicted molar refractivity (Wildman–Crippen MR) is 68.6 cm³/mol. The summed E-state index contributed by atoms with van der Waals surface area (Å²) in [5.41, 5.74) is 0.882. The van der Waals surface area contributed by atoms with Crippen molar-refractivity contribution in [1.29, 1.82) is 0 Å². The van der Waals surface area contributed by atoms with Crippen LogP contribution in [0.5, 0.6) is 0 Å². The number of rotatable bonds is 5. The van der Waals surface area contributed by atoms with E-state index in [2.05, 4.69) is 15.8 Å². The number of terminal acetylenes is 1. The van der Waals surface area contributed by atoms with E-state index in [4.69, 9.17) is 6.42 Å². The lowest BCUT2D eigenvalue weighted by Gasteiger charge is -2.21. The normalized spacial score (nSPS) is 16.3. The minimum atomic E-state index is -0.467. The molecule has 1 N–H and O–H groups in total. The second-order valence-electron chi connectivity index (χ2n) is 4.65. The van der Waals surface area contributed by atoms with E-state index in [1.807, 2.05) is 12.1 Å². The first-order valence-electron chi connectivity index (χ1n) is 6.03. The summed E-state index contributed by atoms with van der Waals surface area (Å²) in [7, 11) is 0. The molecule has 0 radical (unpaired) electrons. The average molecular weight is 230 g/mol. The first-order valence-corrected chi connectivity index (χ1v) is 6.03. The highest BCUT2D eigenvalue weighted by Crippen LogP contribution is 2.31. The van der Waals surface area contributed by atoms with Gasteiger partial charge in [-0.3, -0.25) is 0 Å². The number of hydrogen-bond donors (Lipinski definition) is 1. The number of aliphatic hydroxyl groups excluding tert-OH is 1. The highest BCUT2D eigenvalue weighted by molar-refractivity contribution is 5.43. The van der Waals surface area contributed by atoms with Crippen LogP contribution in [0.15, 0.2) is 18.3 Å². The minimum absolute atomic E-state index is 0.467. The van der Waals surface area contributed by atoms with E-state index >= 15 is 0 Å². The number of pyridine rings is 1. The van der Waals surface area contributed by atoms with Gasteiger partial charge in [-0.25, -0.2) is 4.98 Å². The quantitative estimate of drug-likeness (QED) is 0.786. The van der Waals surface area contributed by atoms with Gasteiger partial charge in [0.2, 0.25) is 0 Å². The zero-order chi connectivity index (χ0) is 12.3. The third-order valence-electron chi connectivity index (χ3n) is 3.03. The fourth-order valence-corrected chi connectivity index (χ4v) is 1.83. The highest BCUT2D eigenvalue weighted by atomic mass is 16.3. The van der Waals surface area contributed by atoms with Gasteiger partial charge in [0, 0.05) is 12.7 Å². The zero-order valence-electron chi connectivity index (χ0n) is 10.1. The van der Waals surface area contributed by atoms with Crippen LogP contribution in [0.3, 0.4) is 0 Å². The second kappa shape index (κ2) is 5.20. The summed E-state index contributed by atoms with van der Waals surface area (Å²) in [6.07, 6.45) is 9.23. The van der Waals surface area contributed by atoms with Crippen LogP contribution in [-0.2, 0) is 0 Å². The van der Waals surface area contributed by atoms with Crippen LogP contribution >= 0.6 is 0 Å². The molecule has 3 nitrogen and oxygen atoms in total. The summed E-state index contributed by atoms with van der Waals surface area (Å²) in [4.78, 5) is 6.46. The Bertz CT molecular complexity index is 418. The van der Waals surface area contributed by atoms with Crippen LogP contribution in [0.4, 0.5) is 5.82 Å². The van der Waals surface area contributed by atoms with Crippen molar-refractivity contribution in [2.75, 3.05) is 18.0 Å². The van der Waals surface area contributed by atoms with Crippen LogP contribution in [0.1, 0.15) is 31.4 Å². The molecule has 2 rings (SSSR count). The Hall–Kier alpha value is -1.53. The predicted octanol–water partition coefficient (Wildman–Crippen LogP) is 1.98. The van der Waals surface area contributed by atoms with Crippen LogP contribution in [-0.4, -0.2) is 23.2 Å². The summed E-state index contributed by atoms with van der Waals surface area (Å²) >= 11 is 0. The maximum Gasteiger partial charge on any atom is 0.129 e. The number of nitrogens with zero attached hydrogens (tertiary/aromatic N) is 2. The fraction of sp³-hybridized carbons (Fsp3) is 0.500. The van der Waals surface area contributed by atoms with Crippen molar-refractivity contribution in [2.24, 2.45) is 5.92 Å². The van der Waals surface area contributed by atoms with Crippen LogP contribution < -0.4 is 4.90 Å². The van der Waals surface area contributed by atoms with Crippen molar-refractivity contribution in [3.05, 3.63) is 23.9 Å². The Balaban J connectivity index is 2.15. The van der Waals surface area contributed by atoms with Crippen LogP contribution in [0.2, 0.25) is 0 Å². The second-order valence-corrected chi connectivity index (χ2v) is 4.65. The van der Waals surface area contributed by atoms with E-state index in [0.29, 0.717) is 6.54 Å². The van der Waals surface area contributed by atoms with Gasteiger partial charge < -0.3 is 10.0 Å². The summed E-state index contributed by atoms with van der Waals surface area (Å²) in [5, 5.41) is 9.57.